The summed E-state index contributed by atoms with van der Waals surface area (Å²) in [6.07, 6.45) is 2.98. The van der Waals surface area contributed by atoms with E-state index in [0.717, 1.165) is 47.9 Å². The number of rotatable bonds is 5. The molecule has 0 aliphatic carbocycles. The van der Waals surface area contributed by atoms with Gasteiger partial charge in [0.25, 0.3) is 0 Å². The number of carbonyl (C=O) groups is 1. The zero-order valence-electron chi connectivity index (χ0n) is 12.4. The van der Waals surface area contributed by atoms with Gasteiger partial charge in [-0.2, -0.15) is 0 Å². The molecule has 110 valence electrons. The standard InChI is InChI=1S/C18H21NO2/c1-2-12-21-17-10-9-15(13-6-3-4-7-14(13)17)18(20)16-8-5-11-19-16/h3-4,6-7,9-10,16,19H,2,5,8,11-12H2,1H3. The SMILES string of the molecule is CCCOc1ccc(C(=O)C2CCCN2)c2ccccc12. The summed E-state index contributed by atoms with van der Waals surface area (Å²) < 4.78 is 5.80. The van der Waals surface area contributed by atoms with Crippen molar-refractivity contribution in [2.75, 3.05) is 13.2 Å². The van der Waals surface area contributed by atoms with Crippen molar-refractivity contribution in [1.82, 2.24) is 5.32 Å². The molecule has 1 unspecified atom stereocenters. The quantitative estimate of drug-likeness (QED) is 0.853. The molecule has 1 heterocycles. The first-order chi connectivity index (χ1) is 10.3. The van der Waals surface area contributed by atoms with E-state index in [0.29, 0.717) is 6.61 Å². The molecule has 3 nitrogen and oxygen atoms in total. The van der Waals surface area contributed by atoms with E-state index in [9.17, 15) is 4.79 Å². The van der Waals surface area contributed by atoms with E-state index in [-0.39, 0.29) is 11.8 Å². The summed E-state index contributed by atoms with van der Waals surface area (Å²) in [6.45, 7) is 3.72. The Morgan fingerprint density at radius 1 is 1.24 bits per heavy atom. The summed E-state index contributed by atoms with van der Waals surface area (Å²) in [5, 5.41) is 5.30. The van der Waals surface area contributed by atoms with Crippen molar-refractivity contribution in [1.29, 1.82) is 0 Å². The Balaban J connectivity index is 2.01. The van der Waals surface area contributed by atoms with Gasteiger partial charge < -0.3 is 10.1 Å². The Hall–Kier alpha value is -1.87. The lowest BCUT2D eigenvalue weighted by atomic mass is 9.96. The summed E-state index contributed by atoms with van der Waals surface area (Å²) in [4.78, 5) is 12.7. The molecule has 1 aliphatic rings. The van der Waals surface area contributed by atoms with Gasteiger partial charge in [0.2, 0.25) is 0 Å². The Morgan fingerprint density at radius 2 is 2.05 bits per heavy atom. The molecule has 3 heteroatoms. The minimum Gasteiger partial charge on any atom is -0.493 e. The van der Waals surface area contributed by atoms with Gasteiger partial charge in [0.1, 0.15) is 5.75 Å². The number of hydrogen-bond acceptors (Lipinski definition) is 3. The predicted molar refractivity (Wildman–Crippen MR) is 85.1 cm³/mol. The highest BCUT2D eigenvalue weighted by molar-refractivity contribution is 6.11. The molecule has 1 atom stereocenters. The second-order valence-corrected chi connectivity index (χ2v) is 5.52. The highest BCUT2D eigenvalue weighted by atomic mass is 16.5. The zero-order valence-corrected chi connectivity index (χ0v) is 12.4. The molecule has 1 aliphatic heterocycles. The highest BCUT2D eigenvalue weighted by Gasteiger charge is 2.24. The van der Waals surface area contributed by atoms with Crippen LogP contribution < -0.4 is 10.1 Å². The molecular weight excluding hydrogens is 262 g/mol. The van der Waals surface area contributed by atoms with Crippen LogP contribution in [-0.4, -0.2) is 25.0 Å². The monoisotopic (exact) mass is 283 g/mol. The van der Waals surface area contributed by atoms with Crippen LogP contribution in [0.5, 0.6) is 5.75 Å². The number of ketones is 1. The Morgan fingerprint density at radius 3 is 2.76 bits per heavy atom. The van der Waals surface area contributed by atoms with Crippen LogP contribution in [-0.2, 0) is 0 Å². The number of ether oxygens (including phenoxy) is 1. The summed E-state index contributed by atoms with van der Waals surface area (Å²) in [5.41, 5.74) is 0.800. The molecule has 3 rings (SSSR count). The Kier molecular flexibility index (Phi) is 4.20. The molecule has 0 bridgehead atoms. The van der Waals surface area contributed by atoms with E-state index in [1.54, 1.807) is 0 Å². The van der Waals surface area contributed by atoms with E-state index >= 15 is 0 Å². The molecule has 0 saturated carbocycles. The van der Waals surface area contributed by atoms with E-state index in [4.69, 9.17) is 4.74 Å². The third-order valence-corrected chi connectivity index (χ3v) is 3.99. The average molecular weight is 283 g/mol. The lowest BCUT2D eigenvalue weighted by molar-refractivity contribution is 0.0954. The van der Waals surface area contributed by atoms with Gasteiger partial charge >= 0.3 is 0 Å². The van der Waals surface area contributed by atoms with Crippen LogP contribution in [0.1, 0.15) is 36.5 Å². The van der Waals surface area contributed by atoms with Gasteiger partial charge in [0, 0.05) is 10.9 Å². The van der Waals surface area contributed by atoms with Gasteiger partial charge in [0.05, 0.1) is 12.6 Å². The fourth-order valence-electron chi connectivity index (χ4n) is 2.92. The summed E-state index contributed by atoms with van der Waals surface area (Å²) in [7, 11) is 0. The molecule has 0 radical (unpaired) electrons. The van der Waals surface area contributed by atoms with E-state index in [1.807, 2.05) is 36.4 Å². The van der Waals surface area contributed by atoms with Crippen molar-refractivity contribution in [2.24, 2.45) is 0 Å². The van der Waals surface area contributed by atoms with Gasteiger partial charge in [0.15, 0.2) is 5.78 Å². The molecule has 1 saturated heterocycles. The van der Waals surface area contributed by atoms with Crippen molar-refractivity contribution in [3.63, 3.8) is 0 Å². The summed E-state index contributed by atoms with van der Waals surface area (Å²) >= 11 is 0. The fraction of sp³-hybridized carbons (Fsp3) is 0.389. The van der Waals surface area contributed by atoms with Gasteiger partial charge in [-0.15, -0.1) is 0 Å². The lowest BCUT2D eigenvalue weighted by Gasteiger charge is -2.14. The maximum Gasteiger partial charge on any atom is 0.180 e. The van der Waals surface area contributed by atoms with E-state index < -0.39 is 0 Å². The first kappa shape index (κ1) is 14.1. The molecule has 0 aromatic heterocycles. The topological polar surface area (TPSA) is 38.3 Å². The highest BCUT2D eigenvalue weighted by Crippen LogP contribution is 2.30. The Bertz CT molecular complexity index is 645. The largest absolute Gasteiger partial charge is 0.493 e. The summed E-state index contributed by atoms with van der Waals surface area (Å²) in [6, 6.07) is 11.8. The van der Waals surface area contributed by atoms with Crippen LogP contribution in [0, 0.1) is 0 Å². The van der Waals surface area contributed by atoms with Gasteiger partial charge in [-0.3, -0.25) is 4.79 Å². The second-order valence-electron chi connectivity index (χ2n) is 5.52. The smallest absolute Gasteiger partial charge is 0.180 e. The predicted octanol–water partition coefficient (Wildman–Crippen LogP) is 3.56. The molecule has 2 aromatic carbocycles. The van der Waals surface area contributed by atoms with Crippen molar-refractivity contribution < 1.29 is 9.53 Å². The van der Waals surface area contributed by atoms with Crippen LogP contribution in [0.15, 0.2) is 36.4 Å². The van der Waals surface area contributed by atoms with Crippen LogP contribution >= 0.6 is 0 Å². The maximum atomic E-state index is 12.7. The number of nitrogens with one attached hydrogen (secondary N) is 1. The molecular formula is C18H21NO2. The number of hydrogen-bond donors (Lipinski definition) is 1. The zero-order chi connectivity index (χ0) is 14.7. The Labute approximate surface area is 125 Å². The van der Waals surface area contributed by atoms with Crippen LogP contribution in [0.4, 0.5) is 0 Å². The van der Waals surface area contributed by atoms with Gasteiger partial charge in [-0.25, -0.2) is 0 Å². The van der Waals surface area contributed by atoms with E-state index in [1.165, 1.54) is 0 Å². The van der Waals surface area contributed by atoms with Crippen LogP contribution in [0.3, 0.4) is 0 Å². The van der Waals surface area contributed by atoms with Crippen LogP contribution in [0.2, 0.25) is 0 Å². The van der Waals surface area contributed by atoms with Gasteiger partial charge in [-0.05, 0) is 43.3 Å². The third-order valence-electron chi connectivity index (χ3n) is 3.99. The minimum absolute atomic E-state index is 0.0317. The molecule has 1 fully saturated rings. The van der Waals surface area contributed by atoms with Crippen molar-refractivity contribution in [3.05, 3.63) is 42.0 Å². The van der Waals surface area contributed by atoms with Gasteiger partial charge in [-0.1, -0.05) is 31.2 Å². The number of carbonyl (C=O) groups excluding carboxylic acids is 1. The molecule has 21 heavy (non-hydrogen) atoms. The number of Topliss-reactive ketones (excluding diaryl/α,β-unsaturated/α-hetero) is 1. The first-order valence-corrected chi connectivity index (χ1v) is 7.73. The molecule has 0 spiro atoms. The lowest BCUT2D eigenvalue weighted by Crippen LogP contribution is -2.30. The normalized spacial score (nSPS) is 18.0. The third kappa shape index (κ3) is 2.79. The summed E-state index contributed by atoms with van der Waals surface area (Å²) in [5.74, 6) is 1.06. The molecule has 2 aromatic rings. The molecule has 1 N–H and O–H groups in total. The number of fused-ring (bicyclic) bond motifs is 1. The number of benzene rings is 2. The maximum absolute atomic E-state index is 12.7. The van der Waals surface area contributed by atoms with Crippen LogP contribution in [0.25, 0.3) is 10.8 Å². The minimum atomic E-state index is -0.0317. The van der Waals surface area contributed by atoms with Crippen molar-refractivity contribution in [2.45, 2.75) is 32.2 Å². The van der Waals surface area contributed by atoms with Crippen molar-refractivity contribution in [3.8, 4) is 5.75 Å². The molecule has 0 amide bonds. The van der Waals surface area contributed by atoms with E-state index in [2.05, 4.69) is 12.2 Å². The second kappa shape index (κ2) is 6.27. The fourth-order valence-corrected chi connectivity index (χ4v) is 2.92. The van der Waals surface area contributed by atoms with Crippen molar-refractivity contribution >= 4 is 16.6 Å². The average Bonchev–Trinajstić information content (AvgIpc) is 3.06. The first-order valence-electron chi connectivity index (χ1n) is 7.73.